The lowest BCUT2D eigenvalue weighted by Gasteiger charge is -2.57. The van der Waals surface area contributed by atoms with Crippen molar-refractivity contribution in [3.63, 3.8) is 0 Å². The second kappa shape index (κ2) is 7.81. The maximum atomic E-state index is 11.6. The number of imidazole rings is 1. The van der Waals surface area contributed by atoms with Crippen LogP contribution in [0, 0.1) is 28.6 Å². The summed E-state index contributed by atoms with van der Waals surface area (Å²) in [5.74, 6) is 1.97. The molecule has 0 spiro atoms. The zero-order valence-electron chi connectivity index (χ0n) is 21.7. The molecular weight excluding hydrogens is 444 g/mol. The van der Waals surface area contributed by atoms with E-state index in [4.69, 9.17) is 9.72 Å². The fourth-order valence-corrected chi connectivity index (χ4v) is 8.77. The molecule has 7 rings (SSSR count). The van der Waals surface area contributed by atoms with E-state index in [0.29, 0.717) is 11.8 Å². The van der Waals surface area contributed by atoms with Crippen LogP contribution in [0.1, 0.15) is 65.7 Å². The molecule has 4 heteroatoms. The average molecular weight is 481 g/mol. The lowest BCUT2D eigenvalue weighted by Crippen LogP contribution is -2.50. The van der Waals surface area contributed by atoms with Crippen molar-refractivity contribution in [2.24, 2.45) is 28.6 Å². The largest absolute Gasteiger partial charge is 0.462 e. The molecular formula is C32H36N2O2. The first kappa shape index (κ1) is 22.3. The summed E-state index contributed by atoms with van der Waals surface area (Å²) in [5, 5.41) is 2.53. The van der Waals surface area contributed by atoms with Gasteiger partial charge in [0.2, 0.25) is 0 Å². The van der Waals surface area contributed by atoms with Gasteiger partial charge in [0, 0.05) is 24.5 Å². The Hall–Kier alpha value is -2.88. The van der Waals surface area contributed by atoms with Gasteiger partial charge in [0.05, 0.1) is 11.0 Å². The highest BCUT2D eigenvalue weighted by Crippen LogP contribution is 2.65. The van der Waals surface area contributed by atoms with Crippen LogP contribution in [0.3, 0.4) is 0 Å². The fourth-order valence-electron chi connectivity index (χ4n) is 8.77. The maximum absolute atomic E-state index is 11.6. The first-order chi connectivity index (χ1) is 17.4. The topological polar surface area (TPSA) is 44.1 Å². The number of ether oxygens (including phenoxy) is 1. The number of hydrogen-bond donors (Lipinski definition) is 0. The van der Waals surface area contributed by atoms with Crippen LogP contribution >= 0.6 is 0 Å². The summed E-state index contributed by atoms with van der Waals surface area (Å²) in [6.07, 6.45) is 15.1. The summed E-state index contributed by atoms with van der Waals surface area (Å²) in [7, 11) is 0. The van der Waals surface area contributed by atoms with Crippen molar-refractivity contribution in [2.45, 2.75) is 71.8 Å². The van der Waals surface area contributed by atoms with Gasteiger partial charge in [-0.05, 0) is 84.6 Å². The number of benzene rings is 2. The van der Waals surface area contributed by atoms with Gasteiger partial charge in [0.15, 0.2) is 0 Å². The molecule has 0 saturated heterocycles. The van der Waals surface area contributed by atoms with Crippen LogP contribution in [0.25, 0.3) is 27.5 Å². The quantitative estimate of drug-likeness (QED) is 0.281. The van der Waals surface area contributed by atoms with E-state index in [1.807, 2.05) is 0 Å². The van der Waals surface area contributed by atoms with Crippen LogP contribution in [0.15, 0.2) is 60.5 Å². The monoisotopic (exact) mass is 480 g/mol. The minimum atomic E-state index is -0.143. The van der Waals surface area contributed by atoms with Crippen molar-refractivity contribution in [1.82, 2.24) is 9.55 Å². The molecule has 4 aliphatic rings. The number of allylic oxidation sites excluding steroid dienone is 3. The van der Waals surface area contributed by atoms with Crippen LogP contribution in [0.2, 0.25) is 0 Å². The van der Waals surface area contributed by atoms with E-state index in [1.165, 1.54) is 48.2 Å². The molecule has 0 amide bonds. The molecule has 2 fully saturated rings. The van der Waals surface area contributed by atoms with Crippen LogP contribution < -0.4 is 0 Å². The second-order valence-electron chi connectivity index (χ2n) is 12.3. The molecule has 186 valence electrons. The standard InChI is InChI=1S/C32H36N2O2/c1-20(35)36-24-12-14-31(2)23(18-24)8-9-25-26-10-11-30(32(26,3)15-13-27(25)31)34-19-33-28-16-21-6-4-5-7-22(21)17-29(28)34/h4-8,11,16-17,19,24-27H,9-10,12-15,18H2,1-3H3/t24?,25-,26-,27-,31-,32-/m0/s1. The lowest BCUT2D eigenvalue weighted by atomic mass is 9.47. The van der Waals surface area contributed by atoms with Crippen molar-refractivity contribution >= 4 is 33.5 Å². The number of rotatable bonds is 2. The summed E-state index contributed by atoms with van der Waals surface area (Å²) in [6, 6.07) is 13.1. The van der Waals surface area contributed by atoms with Gasteiger partial charge in [0.25, 0.3) is 0 Å². The number of nitrogens with zero attached hydrogens (tertiary/aromatic N) is 2. The van der Waals surface area contributed by atoms with Crippen molar-refractivity contribution in [3.8, 4) is 0 Å². The Morgan fingerprint density at radius 2 is 1.78 bits per heavy atom. The first-order valence-electron chi connectivity index (χ1n) is 13.8. The Bertz CT molecular complexity index is 1450. The summed E-state index contributed by atoms with van der Waals surface area (Å²) in [5.41, 5.74) is 5.76. The molecule has 2 aromatic carbocycles. The molecule has 6 atom stereocenters. The van der Waals surface area contributed by atoms with E-state index in [1.54, 1.807) is 5.57 Å². The van der Waals surface area contributed by atoms with Crippen LogP contribution in [-0.2, 0) is 9.53 Å². The van der Waals surface area contributed by atoms with Crippen LogP contribution in [0.5, 0.6) is 0 Å². The van der Waals surface area contributed by atoms with Crippen molar-refractivity contribution < 1.29 is 9.53 Å². The Kier molecular flexibility index (Phi) is 4.84. The van der Waals surface area contributed by atoms with Gasteiger partial charge in [-0.15, -0.1) is 0 Å². The molecule has 4 aliphatic carbocycles. The van der Waals surface area contributed by atoms with Gasteiger partial charge in [-0.3, -0.25) is 4.79 Å². The van der Waals surface area contributed by atoms with E-state index >= 15 is 0 Å². The smallest absolute Gasteiger partial charge is 0.302 e. The summed E-state index contributed by atoms with van der Waals surface area (Å²) >= 11 is 0. The van der Waals surface area contributed by atoms with Crippen LogP contribution in [0.4, 0.5) is 0 Å². The Morgan fingerprint density at radius 3 is 2.58 bits per heavy atom. The molecule has 0 N–H and O–H groups in total. The molecule has 36 heavy (non-hydrogen) atoms. The lowest BCUT2D eigenvalue weighted by molar-refractivity contribution is -0.148. The van der Waals surface area contributed by atoms with Crippen LogP contribution in [-0.4, -0.2) is 21.6 Å². The summed E-state index contributed by atoms with van der Waals surface area (Å²) in [6.45, 7) is 6.58. The zero-order chi connectivity index (χ0) is 24.7. The Labute approximate surface area is 213 Å². The zero-order valence-corrected chi connectivity index (χ0v) is 21.7. The molecule has 1 unspecified atom stereocenters. The molecule has 1 heterocycles. The van der Waals surface area contributed by atoms with Gasteiger partial charge in [0.1, 0.15) is 12.4 Å². The number of carbonyl (C=O) groups excluding carboxylic acids is 1. The average Bonchev–Trinajstić information content (AvgIpc) is 3.42. The van der Waals surface area contributed by atoms with E-state index in [0.717, 1.165) is 37.1 Å². The van der Waals surface area contributed by atoms with Crippen molar-refractivity contribution in [2.75, 3.05) is 0 Å². The fraction of sp³-hybridized carbons (Fsp3) is 0.500. The second-order valence-corrected chi connectivity index (χ2v) is 12.3. The van der Waals surface area contributed by atoms with E-state index in [2.05, 4.69) is 73.3 Å². The number of carbonyl (C=O) groups is 1. The van der Waals surface area contributed by atoms with E-state index < -0.39 is 0 Å². The predicted octanol–water partition coefficient (Wildman–Crippen LogP) is 7.53. The van der Waals surface area contributed by atoms with Gasteiger partial charge in [-0.1, -0.05) is 55.8 Å². The highest BCUT2D eigenvalue weighted by atomic mass is 16.5. The van der Waals surface area contributed by atoms with Crippen molar-refractivity contribution in [3.05, 3.63) is 60.5 Å². The Balaban J connectivity index is 1.21. The van der Waals surface area contributed by atoms with Crippen molar-refractivity contribution in [1.29, 1.82) is 0 Å². The molecule has 0 aliphatic heterocycles. The minimum Gasteiger partial charge on any atom is -0.462 e. The normalized spacial score (nSPS) is 35.5. The third-order valence-corrected chi connectivity index (χ3v) is 10.6. The third-order valence-electron chi connectivity index (χ3n) is 10.6. The highest BCUT2D eigenvalue weighted by Gasteiger charge is 2.57. The minimum absolute atomic E-state index is 0.0672. The molecule has 1 aromatic heterocycles. The molecule has 2 saturated carbocycles. The number of fused-ring (bicyclic) bond motifs is 7. The number of aromatic nitrogens is 2. The molecule has 0 radical (unpaired) electrons. The van der Waals surface area contributed by atoms with Gasteiger partial charge in [-0.25, -0.2) is 4.98 Å². The number of hydrogen-bond acceptors (Lipinski definition) is 3. The number of esters is 1. The van der Waals surface area contributed by atoms with Gasteiger partial charge >= 0.3 is 5.97 Å². The van der Waals surface area contributed by atoms with Gasteiger partial charge < -0.3 is 9.30 Å². The highest BCUT2D eigenvalue weighted by molar-refractivity contribution is 5.96. The predicted molar refractivity (Wildman–Crippen MR) is 144 cm³/mol. The first-order valence-corrected chi connectivity index (χ1v) is 13.8. The molecule has 0 bridgehead atoms. The maximum Gasteiger partial charge on any atom is 0.302 e. The van der Waals surface area contributed by atoms with E-state index in [9.17, 15) is 4.79 Å². The molecule has 3 aromatic rings. The summed E-state index contributed by atoms with van der Waals surface area (Å²) in [4.78, 5) is 16.4. The summed E-state index contributed by atoms with van der Waals surface area (Å²) < 4.78 is 8.03. The Morgan fingerprint density at radius 1 is 1.00 bits per heavy atom. The third kappa shape index (κ3) is 3.12. The molecule has 4 nitrogen and oxygen atoms in total. The SMILES string of the molecule is CC(=O)OC1CC[C@@]2(C)C(=CC[C@@H]3[C@@H]2CC[C@]2(C)C(n4cnc5cc6ccccc6cc54)=CC[C@@H]32)C1. The van der Waals surface area contributed by atoms with Gasteiger partial charge in [-0.2, -0.15) is 0 Å². The van der Waals surface area contributed by atoms with E-state index in [-0.39, 0.29) is 22.9 Å².